The molecule has 1 aliphatic heterocycles. The molecule has 0 aromatic heterocycles. The van der Waals surface area contributed by atoms with Crippen molar-refractivity contribution in [3.05, 3.63) is 12.2 Å². The van der Waals surface area contributed by atoms with Crippen molar-refractivity contribution in [3.8, 4) is 0 Å². The molecule has 1 heterocycles. The van der Waals surface area contributed by atoms with Crippen LogP contribution in [0.2, 0.25) is 0 Å². The van der Waals surface area contributed by atoms with Crippen LogP contribution in [0.1, 0.15) is 155 Å². The van der Waals surface area contributed by atoms with Gasteiger partial charge in [-0.05, 0) is 38.5 Å². The summed E-state index contributed by atoms with van der Waals surface area (Å²) in [6.07, 6.45) is 21.4. The first-order valence-electron chi connectivity index (χ1n) is 18.4. The summed E-state index contributed by atoms with van der Waals surface area (Å²) in [5.41, 5.74) is 0. The fourth-order valence-corrected chi connectivity index (χ4v) is 5.80. The highest BCUT2D eigenvalue weighted by Crippen LogP contribution is 2.22. The lowest BCUT2D eigenvalue weighted by molar-refractivity contribution is -0.302. The molecular weight excluding hydrogens is 574 g/mol. The van der Waals surface area contributed by atoms with Crippen molar-refractivity contribution < 1.29 is 39.8 Å². The van der Waals surface area contributed by atoms with Crippen LogP contribution in [0.3, 0.4) is 0 Å². The topological polar surface area (TPSA) is 149 Å². The molecule has 0 saturated carbocycles. The van der Waals surface area contributed by atoms with Gasteiger partial charge < -0.3 is 40.3 Å². The zero-order valence-corrected chi connectivity index (χ0v) is 28.6. The first-order chi connectivity index (χ1) is 21.8. The molecular formula is C36H69NO8. The summed E-state index contributed by atoms with van der Waals surface area (Å²) in [6, 6.07) is -0.712. The largest absolute Gasteiger partial charge is 0.394 e. The van der Waals surface area contributed by atoms with Crippen LogP contribution in [0.5, 0.6) is 0 Å². The van der Waals surface area contributed by atoms with E-state index in [1.54, 1.807) is 0 Å². The number of nitrogens with one attached hydrogen (secondary N) is 1. The number of aliphatic hydroxyl groups is 5. The molecule has 9 heteroatoms. The summed E-state index contributed by atoms with van der Waals surface area (Å²) in [5.74, 6) is -0.159. The molecule has 9 nitrogen and oxygen atoms in total. The highest BCUT2D eigenvalue weighted by Gasteiger charge is 2.44. The third-order valence-electron chi connectivity index (χ3n) is 8.87. The Morgan fingerprint density at radius 2 is 1.24 bits per heavy atom. The van der Waals surface area contributed by atoms with Crippen LogP contribution in [-0.4, -0.2) is 87.5 Å². The van der Waals surface area contributed by atoms with Crippen LogP contribution < -0.4 is 5.32 Å². The average molecular weight is 644 g/mol. The molecule has 0 aliphatic carbocycles. The Hall–Kier alpha value is -1.07. The fraction of sp³-hybridized carbons (Fsp3) is 0.917. The predicted molar refractivity (Wildman–Crippen MR) is 180 cm³/mol. The molecule has 266 valence electrons. The zero-order chi connectivity index (χ0) is 33.1. The van der Waals surface area contributed by atoms with Gasteiger partial charge in [0.25, 0.3) is 0 Å². The zero-order valence-electron chi connectivity index (χ0n) is 28.6. The molecule has 45 heavy (non-hydrogen) atoms. The fourth-order valence-electron chi connectivity index (χ4n) is 5.80. The van der Waals surface area contributed by atoms with Crippen LogP contribution in [0.4, 0.5) is 0 Å². The molecule has 1 amide bonds. The maximum atomic E-state index is 12.7. The van der Waals surface area contributed by atoms with Crippen LogP contribution in [0.15, 0.2) is 12.2 Å². The van der Waals surface area contributed by atoms with Crippen LogP contribution in [-0.2, 0) is 14.3 Å². The van der Waals surface area contributed by atoms with E-state index < -0.39 is 49.5 Å². The van der Waals surface area contributed by atoms with E-state index in [4.69, 9.17) is 9.47 Å². The normalized spacial score (nSPS) is 23.4. The molecule has 0 aromatic carbocycles. The summed E-state index contributed by atoms with van der Waals surface area (Å²) >= 11 is 0. The van der Waals surface area contributed by atoms with Gasteiger partial charge >= 0.3 is 0 Å². The van der Waals surface area contributed by atoms with E-state index in [0.717, 1.165) is 44.9 Å². The monoisotopic (exact) mass is 644 g/mol. The van der Waals surface area contributed by atoms with E-state index >= 15 is 0 Å². The van der Waals surface area contributed by atoms with Crippen molar-refractivity contribution in [2.24, 2.45) is 0 Å². The number of ether oxygens (including phenoxy) is 2. The molecule has 1 saturated heterocycles. The number of allylic oxidation sites excluding steroid dienone is 2. The second-order valence-corrected chi connectivity index (χ2v) is 13.0. The van der Waals surface area contributed by atoms with E-state index in [0.29, 0.717) is 12.8 Å². The van der Waals surface area contributed by atoms with E-state index in [1.165, 1.54) is 83.5 Å². The lowest BCUT2D eigenvalue weighted by atomic mass is 9.99. The molecule has 0 aromatic rings. The number of carbonyl (C=O) groups excluding carboxylic acids is 1. The molecule has 1 rings (SSSR count). The Bertz CT molecular complexity index is 721. The standard InChI is InChI=1S/C36H69NO8/c1-3-5-7-9-10-11-12-13-14-15-16-17-18-19-20-21-22-24-26-32(40)37-29(30(39)25-23-8-6-4-2)28-44-36-35(43)34(42)33(41)31(27-38)45-36/h14-15,29-31,33-36,38-39,41-43H,3-13,16-28H2,1-2H3,(H,37,40)/b15-14-. The van der Waals surface area contributed by atoms with Crippen molar-refractivity contribution in [3.63, 3.8) is 0 Å². The third-order valence-corrected chi connectivity index (χ3v) is 8.87. The van der Waals surface area contributed by atoms with Gasteiger partial charge in [-0.1, -0.05) is 122 Å². The van der Waals surface area contributed by atoms with Gasteiger partial charge in [-0.3, -0.25) is 4.79 Å². The van der Waals surface area contributed by atoms with Gasteiger partial charge in [0.2, 0.25) is 5.91 Å². The van der Waals surface area contributed by atoms with Crippen molar-refractivity contribution in [1.82, 2.24) is 5.32 Å². The molecule has 6 N–H and O–H groups in total. The minimum Gasteiger partial charge on any atom is -0.394 e. The third kappa shape index (κ3) is 20.0. The summed E-state index contributed by atoms with van der Waals surface area (Å²) in [6.45, 7) is 3.68. The number of hydrogen-bond acceptors (Lipinski definition) is 8. The van der Waals surface area contributed by atoms with Crippen molar-refractivity contribution in [2.75, 3.05) is 13.2 Å². The van der Waals surface area contributed by atoms with E-state index in [2.05, 4.69) is 31.3 Å². The Balaban J connectivity index is 2.26. The highest BCUT2D eigenvalue weighted by molar-refractivity contribution is 5.76. The number of carbonyl (C=O) groups is 1. The average Bonchev–Trinajstić information content (AvgIpc) is 3.04. The quantitative estimate of drug-likeness (QED) is 0.0441. The van der Waals surface area contributed by atoms with Gasteiger partial charge in [0.1, 0.15) is 24.4 Å². The number of rotatable bonds is 29. The van der Waals surface area contributed by atoms with Crippen molar-refractivity contribution in [1.29, 1.82) is 0 Å². The molecule has 1 fully saturated rings. The lowest BCUT2D eigenvalue weighted by Crippen LogP contribution is -2.60. The second-order valence-electron chi connectivity index (χ2n) is 13.0. The van der Waals surface area contributed by atoms with Crippen LogP contribution >= 0.6 is 0 Å². The molecule has 0 bridgehead atoms. The summed E-state index contributed by atoms with van der Waals surface area (Å²) in [5, 5.41) is 53.5. The maximum absolute atomic E-state index is 12.7. The predicted octanol–water partition coefficient (Wildman–Crippen LogP) is 5.83. The first kappa shape index (κ1) is 42.0. The molecule has 1 aliphatic rings. The summed E-state index contributed by atoms with van der Waals surface area (Å²) in [7, 11) is 0. The first-order valence-corrected chi connectivity index (χ1v) is 18.4. The van der Waals surface area contributed by atoms with Gasteiger partial charge in [0.15, 0.2) is 6.29 Å². The lowest BCUT2D eigenvalue weighted by Gasteiger charge is -2.40. The van der Waals surface area contributed by atoms with Crippen LogP contribution in [0, 0.1) is 0 Å². The molecule has 7 unspecified atom stereocenters. The van der Waals surface area contributed by atoms with Gasteiger partial charge in [-0.15, -0.1) is 0 Å². The van der Waals surface area contributed by atoms with Crippen molar-refractivity contribution >= 4 is 5.91 Å². The SMILES string of the molecule is CCCCCCCCC/C=C\CCCCCCCCCC(=O)NC(COC1OC(CO)C(O)C(O)C1O)C(O)CCCCCC. The van der Waals surface area contributed by atoms with Crippen LogP contribution in [0.25, 0.3) is 0 Å². The Morgan fingerprint density at radius 1 is 0.733 bits per heavy atom. The Labute approximate surface area is 274 Å². The minimum absolute atomic E-state index is 0.141. The second kappa shape index (κ2) is 28.0. The summed E-state index contributed by atoms with van der Waals surface area (Å²) < 4.78 is 11.1. The van der Waals surface area contributed by atoms with Gasteiger partial charge in [0, 0.05) is 6.42 Å². The van der Waals surface area contributed by atoms with Gasteiger partial charge in [-0.2, -0.15) is 0 Å². The summed E-state index contributed by atoms with van der Waals surface area (Å²) in [4.78, 5) is 12.7. The number of aliphatic hydroxyl groups excluding tert-OH is 5. The van der Waals surface area contributed by atoms with E-state index in [1.807, 2.05) is 0 Å². The molecule has 0 spiro atoms. The molecule has 0 radical (unpaired) electrons. The molecule has 7 atom stereocenters. The number of unbranched alkanes of at least 4 members (excludes halogenated alkanes) is 17. The highest BCUT2D eigenvalue weighted by atomic mass is 16.7. The smallest absolute Gasteiger partial charge is 0.220 e. The maximum Gasteiger partial charge on any atom is 0.220 e. The van der Waals surface area contributed by atoms with Gasteiger partial charge in [-0.25, -0.2) is 0 Å². The van der Waals surface area contributed by atoms with E-state index in [-0.39, 0.29) is 12.5 Å². The Kier molecular flexibility index (Phi) is 26.1. The van der Waals surface area contributed by atoms with E-state index in [9.17, 15) is 30.3 Å². The van der Waals surface area contributed by atoms with Gasteiger partial charge in [0.05, 0.1) is 25.4 Å². The number of amides is 1. The Morgan fingerprint density at radius 3 is 1.80 bits per heavy atom. The van der Waals surface area contributed by atoms with Crippen molar-refractivity contribution in [2.45, 2.75) is 198 Å². The minimum atomic E-state index is -1.55. The number of hydrogen-bond donors (Lipinski definition) is 6.